The molecule has 0 radical (unpaired) electrons. The van der Waals surface area contributed by atoms with Crippen molar-refractivity contribution in [3.05, 3.63) is 127 Å². The van der Waals surface area contributed by atoms with E-state index in [0.717, 1.165) is 6.16 Å². The summed E-state index contributed by atoms with van der Waals surface area (Å²) in [6.45, 7) is 4.61. The average molecular weight is 505 g/mol. The molecular weight excluding hydrogens is 474 g/mol. The topological polar surface area (TPSA) is 0 Å². The molecule has 4 aromatic carbocycles. The van der Waals surface area contributed by atoms with Gasteiger partial charge in [-0.1, -0.05) is 159 Å². The van der Waals surface area contributed by atoms with Gasteiger partial charge in [-0.15, -0.1) is 0 Å². The van der Waals surface area contributed by atoms with Gasteiger partial charge in [-0.2, -0.15) is 0 Å². The minimum atomic E-state index is -2.11. The van der Waals surface area contributed by atoms with Gasteiger partial charge < -0.3 is 0 Å². The van der Waals surface area contributed by atoms with Gasteiger partial charge in [0.1, 0.15) is 0 Å². The molecule has 0 saturated carbocycles. The summed E-state index contributed by atoms with van der Waals surface area (Å²) in [5, 5.41) is 3.85. The van der Waals surface area contributed by atoms with E-state index in [1.165, 1.54) is 21.5 Å². The third-order valence-electron chi connectivity index (χ3n) is 6.35. The van der Waals surface area contributed by atoms with Crippen LogP contribution in [-0.4, -0.2) is 11.8 Å². The van der Waals surface area contributed by atoms with Gasteiger partial charge in [-0.05, 0) is 39.3 Å². The highest BCUT2D eigenvalue weighted by Crippen LogP contribution is 2.66. The molecule has 33 heavy (non-hydrogen) atoms. The monoisotopic (exact) mass is 504 g/mol. The Morgan fingerprint density at radius 1 is 0.545 bits per heavy atom. The zero-order valence-corrected chi connectivity index (χ0v) is 22.5. The van der Waals surface area contributed by atoms with Gasteiger partial charge in [0.25, 0.3) is 0 Å². The van der Waals surface area contributed by atoms with Gasteiger partial charge in [0.15, 0.2) is 0 Å². The molecule has 0 unspecified atom stereocenters. The molecule has 0 aliphatic rings. The van der Waals surface area contributed by atoms with E-state index in [9.17, 15) is 0 Å². The molecule has 168 valence electrons. The number of hydrogen-bond donors (Lipinski definition) is 0. The lowest BCUT2D eigenvalue weighted by molar-refractivity contribution is 1.01. The molecule has 0 aliphatic carbocycles. The molecule has 0 aliphatic heterocycles. The van der Waals surface area contributed by atoms with E-state index >= 15 is 0 Å². The first kappa shape index (κ1) is 24.3. The predicted octanol–water partition coefficient (Wildman–Crippen LogP) is 7.07. The summed E-state index contributed by atoms with van der Waals surface area (Å²) in [6.07, 6.45) is 0.894. The summed E-state index contributed by atoms with van der Waals surface area (Å²) < 4.78 is 0. The second-order valence-corrected chi connectivity index (χ2v) is 18.8. The molecule has 0 amide bonds. The van der Waals surface area contributed by atoms with Crippen LogP contribution < -0.4 is 15.9 Å². The highest BCUT2D eigenvalue weighted by Gasteiger charge is 2.38. The van der Waals surface area contributed by atoms with Gasteiger partial charge in [0, 0.05) is 11.7 Å². The Morgan fingerprint density at radius 3 is 1.30 bits per heavy atom. The molecule has 0 saturated heterocycles. The van der Waals surface area contributed by atoms with Crippen molar-refractivity contribution in [3.8, 4) is 0 Å². The Kier molecular flexibility index (Phi) is 7.83. The summed E-state index contributed by atoms with van der Waals surface area (Å²) in [5.41, 5.74) is 1.90. The molecule has 4 aromatic rings. The average Bonchev–Trinajstić information content (AvgIpc) is 2.88. The largest absolute Gasteiger partial charge is 0.0917 e. The van der Waals surface area contributed by atoms with Gasteiger partial charge in [-0.3, -0.25) is 0 Å². The SMILES string of the molecule is CC(C)[P@](=S)(c1ccccc1)[C@H](CP(=S)(c1ccccc1)c1ccccc1)c1ccccc1. The lowest BCUT2D eigenvalue weighted by Crippen LogP contribution is -2.26. The van der Waals surface area contributed by atoms with Crippen LogP contribution in [0.2, 0.25) is 0 Å². The van der Waals surface area contributed by atoms with Crippen LogP contribution in [0.3, 0.4) is 0 Å². The minimum Gasteiger partial charge on any atom is -0.0917 e. The van der Waals surface area contributed by atoms with Crippen molar-refractivity contribution in [2.45, 2.75) is 25.2 Å². The van der Waals surface area contributed by atoms with Crippen LogP contribution in [0.25, 0.3) is 0 Å². The molecule has 0 aromatic heterocycles. The maximum Gasteiger partial charge on any atom is 0.0224 e. The standard InChI is InChI=1S/C29H30P2S2/c1-24(2)31(33,28-21-13-6-14-22-28)29(25-15-7-3-8-16-25)23-30(32,26-17-9-4-10-18-26)27-19-11-5-12-20-27/h3-22,24,29H,23H2,1-2H3/t29-,31+/m1/s1. The summed E-state index contributed by atoms with van der Waals surface area (Å²) in [5.74, 6) is 0. The van der Waals surface area contributed by atoms with Gasteiger partial charge in [0.2, 0.25) is 0 Å². The van der Waals surface area contributed by atoms with E-state index in [4.69, 9.17) is 23.6 Å². The molecule has 0 bridgehead atoms. The van der Waals surface area contributed by atoms with E-state index in [-0.39, 0.29) is 5.66 Å². The van der Waals surface area contributed by atoms with Crippen LogP contribution >= 0.6 is 12.1 Å². The maximum atomic E-state index is 6.75. The molecule has 0 fully saturated rings. The molecular formula is C29H30P2S2. The molecule has 2 atom stereocenters. The smallest absolute Gasteiger partial charge is 0.0224 e. The van der Waals surface area contributed by atoms with E-state index in [0.29, 0.717) is 5.66 Å². The highest BCUT2D eigenvalue weighted by molar-refractivity contribution is 8.23. The second kappa shape index (κ2) is 10.6. The van der Waals surface area contributed by atoms with Crippen LogP contribution in [0.15, 0.2) is 121 Å². The summed E-state index contributed by atoms with van der Waals surface area (Å²) >= 11 is 13.4. The van der Waals surface area contributed by atoms with E-state index in [1.807, 2.05) is 0 Å². The Balaban J connectivity index is 1.95. The van der Waals surface area contributed by atoms with Crippen LogP contribution in [0, 0.1) is 0 Å². The lowest BCUT2D eigenvalue weighted by Gasteiger charge is -2.39. The molecule has 0 nitrogen and oxygen atoms in total. The first-order valence-corrected chi connectivity index (χ1v) is 17.3. The Hall–Kier alpha value is -1.82. The minimum absolute atomic E-state index is 0.211. The summed E-state index contributed by atoms with van der Waals surface area (Å²) in [6, 6.07) is 39.1. The number of rotatable bonds is 8. The van der Waals surface area contributed by atoms with E-state index in [2.05, 4.69) is 135 Å². The summed E-state index contributed by atoms with van der Waals surface area (Å²) in [4.78, 5) is 0. The van der Waals surface area contributed by atoms with Crippen molar-refractivity contribution in [1.82, 2.24) is 0 Å². The normalized spacial score (nSPS) is 14.5. The highest BCUT2D eigenvalue weighted by atomic mass is 32.4. The van der Waals surface area contributed by atoms with E-state index < -0.39 is 12.1 Å². The van der Waals surface area contributed by atoms with Crippen molar-refractivity contribution in [2.75, 3.05) is 6.16 Å². The molecule has 4 rings (SSSR count). The van der Waals surface area contributed by atoms with Crippen LogP contribution in [0.5, 0.6) is 0 Å². The van der Waals surface area contributed by atoms with Crippen molar-refractivity contribution in [3.63, 3.8) is 0 Å². The Bertz CT molecular complexity index is 1210. The fourth-order valence-corrected chi connectivity index (χ4v) is 14.8. The first-order valence-electron chi connectivity index (χ1n) is 11.4. The zero-order chi connectivity index (χ0) is 23.3. The predicted molar refractivity (Wildman–Crippen MR) is 156 cm³/mol. The van der Waals surface area contributed by atoms with E-state index in [1.54, 1.807) is 0 Å². The van der Waals surface area contributed by atoms with Crippen LogP contribution in [-0.2, 0) is 23.6 Å². The number of hydrogen-bond acceptors (Lipinski definition) is 2. The zero-order valence-electron chi connectivity index (χ0n) is 19.1. The molecule has 0 spiro atoms. The van der Waals surface area contributed by atoms with Crippen molar-refractivity contribution >= 4 is 51.6 Å². The van der Waals surface area contributed by atoms with Crippen LogP contribution in [0.1, 0.15) is 25.1 Å². The van der Waals surface area contributed by atoms with Gasteiger partial charge in [0.05, 0.1) is 0 Å². The fourth-order valence-electron chi connectivity index (χ4n) is 4.56. The third-order valence-corrected chi connectivity index (χ3v) is 18.2. The molecule has 0 N–H and O–H groups in total. The maximum absolute atomic E-state index is 6.75. The number of benzene rings is 4. The third kappa shape index (κ3) is 5.01. The first-order chi connectivity index (χ1) is 16.0. The molecule has 0 heterocycles. The summed E-state index contributed by atoms with van der Waals surface area (Å²) in [7, 11) is 0. The van der Waals surface area contributed by atoms with Crippen molar-refractivity contribution in [1.29, 1.82) is 0 Å². The van der Waals surface area contributed by atoms with Crippen molar-refractivity contribution in [2.24, 2.45) is 0 Å². The van der Waals surface area contributed by atoms with Gasteiger partial charge in [-0.25, -0.2) is 0 Å². The molecule has 4 heteroatoms. The Morgan fingerprint density at radius 2 is 0.909 bits per heavy atom. The van der Waals surface area contributed by atoms with Crippen molar-refractivity contribution < 1.29 is 0 Å². The fraction of sp³-hybridized carbons (Fsp3) is 0.172. The lowest BCUT2D eigenvalue weighted by atomic mass is 10.2. The second-order valence-electron chi connectivity index (χ2n) is 8.66. The quantitative estimate of drug-likeness (QED) is 0.235. The Labute approximate surface area is 209 Å². The van der Waals surface area contributed by atoms with Gasteiger partial charge >= 0.3 is 0 Å². The van der Waals surface area contributed by atoms with Crippen LogP contribution in [0.4, 0.5) is 0 Å².